The molecule has 2 aromatic heterocycles. The second-order valence-corrected chi connectivity index (χ2v) is 5.48. The molecule has 0 radical (unpaired) electrons. The molecule has 120 valence electrons. The van der Waals surface area contributed by atoms with Crippen molar-refractivity contribution < 1.29 is 4.92 Å². The van der Waals surface area contributed by atoms with Crippen LogP contribution in [0.5, 0.6) is 0 Å². The molecule has 3 aromatic rings. The molecular formula is C15H9Cl2N5O2. The van der Waals surface area contributed by atoms with E-state index in [1.54, 1.807) is 24.4 Å². The fraction of sp³-hybridized carbons (Fsp3) is 0. The van der Waals surface area contributed by atoms with Gasteiger partial charge < -0.3 is 5.32 Å². The molecule has 1 aromatic carbocycles. The largest absolute Gasteiger partial charge is 0.334 e. The smallest absolute Gasteiger partial charge is 0.292 e. The third kappa shape index (κ3) is 3.58. The highest BCUT2D eigenvalue weighted by molar-refractivity contribution is 6.31. The van der Waals surface area contributed by atoms with Crippen molar-refractivity contribution in [3.8, 4) is 11.5 Å². The van der Waals surface area contributed by atoms with E-state index in [4.69, 9.17) is 23.2 Å². The Morgan fingerprint density at radius 3 is 2.62 bits per heavy atom. The second-order valence-electron chi connectivity index (χ2n) is 4.66. The van der Waals surface area contributed by atoms with Crippen molar-refractivity contribution in [2.45, 2.75) is 0 Å². The zero-order chi connectivity index (χ0) is 17.1. The highest BCUT2D eigenvalue weighted by atomic mass is 35.5. The first-order chi connectivity index (χ1) is 11.5. The molecule has 1 N–H and O–H groups in total. The Bertz CT molecular complexity index is 906. The Balaban J connectivity index is 2.01. The minimum atomic E-state index is -0.513. The van der Waals surface area contributed by atoms with Crippen molar-refractivity contribution >= 4 is 40.4 Å². The number of rotatable bonds is 4. The Morgan fingerprint density at radius 1 is 1.08 bits per heavy atom. The number of halogens is 2. The predicted molar refractivity (Wildman–Crippen MR) is 91.7 cm³/mol. The number of aromatic nitrogens is 3. The molecule has 2 heterocycles. The maximum absolute atomic E-state index is 11.1. The fourth-order valence-corrected chi connectivity index (χ4v) is 2.35. The molecule has 0 aliphatic rings. The summed E-state index contributed by atoms with van der Waals surface area (Å²) in [6.45, 7) is 0. The first-order valence-corrected chi connectivity index (χ1v) is 7.45. The van der Waals surface area contributed by atoms with E-state index in [1.165, 1.54) is 24.3 Å². The summed E-state index contributed by atoms with van der Waals surface area (Å²) < 4.78 is 0. The summed E-state index contributed by atoms with van der Waals surface area (Å²) in [6, 6.07) is 10.9. The highest BCUT2D eigenvalue weighted by Gasteiger charge is 2.15. The molecule has 0 unspecified atom stereocenters. The van der Waals surface area contributed by atoms with Crippen molar-refractivity contribution in [3.63, 3.8) is 0 Å². The van der Waals surface area contributed by atoms with E-state index in [1.807, 2.05) is 0 Å². The molecule has 0 aliphatic carbocycles. The second kappa shape index (κ2) is 6.77. The van der Waals surface area contributed by atoms with Gasteiger partial charge in [0, 0.05) is 23.4 Å². The van der Waals surface area contributed by atoms with E-state index in [0.29, 0.717) is 22.4 Å². The zero-order valence-corrected chi connectivity index (χ0v) is 13.5. The van der Waals surface area contributed by atoms with Crippen LogP contribution < -0.4 is 5.32 Å². The number of benzene rings is 1. The van der Waals surface area contributed by atoms with Gasteiger partial charge in [0.2, 0.25) is 0 Å². The number of nitro groups is 1. The molecular weight excluding hydrogens is 353 g/mol. The number of anilines is 2. The molecule has 0 bridgehead atoms. The van der Waals surface area contributed by atoms with Crippen LogP contribution in [0.15, 0.2) is 48.7 Å². The van der Waals surface area contributed by atoms with Crippen LogP contribution in [-0.4, -0.2) is 19.9 Å². The number of hydrogen-bond donors (Lipinski definition) is 1. The summed E-state index contributed by atoms with van der Waals surface area (Å²) in [6.07, 6.45) is 1.61. The Morgan fingerprint density at radius 2 is 1.92 bits per heavy atom. The summed E-state index contributed by atoms with van der Waals surface area (Å²) in [5.74, 6) is 0.594. The normalized spacial score (nSPS) is 10.4. The van der Waals surface area contributed by atoms with Gasteiger partial charge >= 0.3 is 0 Å². The molecule has 0 amide bonds. The summed E-state index contributed by atoms with van der Waals surface area (Å²) in [7, 11) is 0. The first-order valence-electron chi connectivity index (χ1n) is 6.70. The minimum absolute atomic E-state index is 0.131. The number of nitro benzene ring substituents is 1. The number of nitrogens with one attached hydrogen (secondary N) is 1. The van der Waals surface area contributed by atoms with E-state index in [0.717, 1.165) is 0 Å². The molecule has 0 aliphatic heterocycles. The molecule has 0 saturated carbocycles. The average Bonchev–Trinajstić information content (AvgIpc) is 2.55. The van der Waals surface area contributed by atoms with Crippen molar-refractivity contribution in [1.82, 2.24) is 15.0 Å². The van der Waals surface area contributed by atoms with E-state index in [9.17, 15) is 10.1 Å². The van der Waals surface area contributed by atoms with Crippen molar-refractivity contribution in [2.24, 2.45) is 0 Å². The van der Waals surface area contributed by atoms with Gasteiger partial charge in [-0.1, -0.05) is 29.3 Å². The van der Waals surface area contributed by atoms with Gasteiger partial charge in [-0.05, 0) is 24.3 Å². The van der Waals surface area contributed by atoms with Gasteiger partial charge in [0.05, 0.1) is 4.92 Å². The van der Waals surface area contributed by atoms with Crippen LogP contribution in [0.25, 0.3) is 11.5 Å². The lowest BCUT2D eigenvalue weighted by atomic mass is 10.2. The standard InChI is InChI=1S/C15H9Cl2N5O2/c16-9-4-5-12(22(23)24)11(7-9)19-14-8-13(17)20-15(21-14)10-3-1-2-6-18-10/h1-8H,(H,19,20,21). The summed E-state index contributed by atoms with van der Waals surface area (Å²) in [5, 5.41) is 14.5. The van der Waals surface area contributed by atoms with Crippen molar-refractivity contribution in [3.05, 3.63) is 69.0 Å². The van der Waals surface area contributed by atoms with Gasteiger partial charge in [0.1, 0.15) is 22.4 Å². The highest BCUT2D eigenvalue weighted by Crippen LogP contribution is 2.30. The van der Waals surface area contributed by atoms with Crippen LogP contribution in [0.2, 0.25) is 10.2 Å². The van der Waals surface area contributed by atoms with Crippen LogP contribution >= 0.6 is 23.2 Å². The molecule has 0 fully saturated rings. The first kappa shape index (κ1) is 16.1. The van der Waals surface area contributed by atoms with E-state index >= 15 is 0 Å². The van der Waals surface area contributed by atoms with E-state index < -0.39 is 4.92 Å². The lowest BCUT2D eigenvalue weighted by molar-refractivity contribution is -0.383. The molecule has 9 heteroatoms. The maximum atomic E-state index is 11.1. The van der Waals surface area contributed by atoms with Gasteiger partial charge in [-0.2, -0.15) is 0 Å². The van der Waals surface area contributed by atoms with Gasteiger partial charge in [0.15, 0.2) is 5.82 Å². The average molecular weight is 362 g/mol. The van der Waals surface area contributed by atoms with Crippen LogP contribution in [0.4, 0.5) is 17.2 Å². The Hall–Kier alpha value is -2.77. The quantitative estimate of drug-likeness (QED) is 0.417. The van der Waals surface area contributed by atoms with Gasteiger partial charge in [0.25, 0.3) is 5.69 Å². The van der Waals surface area contributed by atoms with Crippen molar-refractivity contribution in [2.75, 3.05) is 5.32 Å². The third-order valence-electron chi connectivity index (χ3n) is 3.01. The SMILES string of the molecule is O=[N+]([O-])c1ccc(Cl)cc1Nc1cc(Cl)nc(-c2ccccn2)n1. The van der Waals surface area contributed by atoms with Gasteiger partial charge in [-0.25, -0.2) is 9.97 Å². The van der Waals surface area contributed by atoms with Crippen LogP contribution in [-0.2, 0) is 0 Å². The number of pyridine rings is 1. The molecule has 7 nitrogen and oxygen atoms in total. The topological polar surface area (TPSA) is 93.8 Å². The third-order valence-corrected chi connectivity index (χ3v) is 3.44. The molecule has 24 heavy (non-hydrogen) atoms. The maximum Gasteiger partial charge on any atom is 0.292 e. The van der Waals surface area contributed by atoms with Gasteiger partial charge in [-0.15, -0.1) is 0 Å². The predicted octanol–water partition coefficient (Wildman–Crippen LogP) is 4.50. The van der Waals surface area contributed by atoms with Crippen molar-refractivity contribution in [1.29, 1.82) is 0 Å². The zero-order valence-electron chi connectivity index (χ0n) is 12.0. The summed E-state index contributed by atoms with van der Waals surface area (Å²) in [4.78, 5) is 23.2. The lowest BCUT2D eigenvalue weighted by Crippen LogP contribution is -2.01. The summed E-state index contributed by atoms with van der Waals surface area (Å²) in [5.41, 5.74) is 0.603. The van der Waals surface area contributed by atoms with Crippen LogP contribution in [0, 0.1) is 10.1 Å². The Kier molecular flexibility index (Phi) is 4.54. The van der Waals surface area contributed by atoms with E-state index in [2.05, 4.69) is 20.3 Å². The van der Waals surface area contributed by atoms with E-state index in [-0.39, 0.29) is 16.5 Å². The lowest BCUT2D eigenvalue weighted by Gasteiger charge is -2.08. The van der Waals surface area contributed by atoms with Crippen LogP contribution in [0.1, 0.15) is 0 Å². The number of nitrogens with zero attached hydrogens (tertiary/aromatic N) is 4. The monoisotopic (exact) mass is 361 g/mol. The molecule has 3 rings (SSSR count). The van der Waals surface area contributed by atoms with Gasteiger partial charge in [-0.3, -0.25) is 15.1 Å². The molecule has 0 atom stereocenters. The Labute approximate surface area is 146 Å². The molecule has 0 saturated heterocycles. The minimum Gasteiger partial charge on any atom is -0.334 e. The summed E-state index contributed by atoms with van der Waals surface area (Å²) >= 11 is 11.9. The fourth-order valence-electron chi connectivity index (χ4n) is 2.00. The van der Waals surface area contributed by atoms with Crippen LogP contribution in [0.3, 0.4) is 0 Å². The number of hydrogen-bond acceptors (Lipinski definition) is 6. The molecule has 0 spiro atoms.